The van der Waals surface area contributed by atoms with Gasteiger partial charge in [0.25, 0.3) is 0 Å². The van der Waals surface area contributed by atoms with E-state index in [1.165, 1.54) is 0 Å². The molecule has 1 aliphatic heterocycles. The number of benzene rings is 1. The van der Waals surface area contributed by atoms with Crippen molar-refractivity contribution >= 4 is 5.97 Å². The van der Waals surface area contributed by atoms with Gasteiger partial charge in [-0.3, -0.25) is 4.79 Å². The average molecular weight is 303 g/mol. The summed E-state index contributed by atoms with van der Waals surface area (Å²) in [5.74, 6) is 1.19. The van der Waals surface area contributed by atoms with Crippen LogP contribution in [0.1, 0.15) is 37.7 Å². The summed E-state index contributed by atoms with van der Waals surface area (Å²) >= 11 is 0. The summed E-state index contributed by atoms with van der Waals surface area (Å²) in [6, 6.07) is 8.05. The molecule has 2 aliphatic rings. The van der Waals surface area contributed by atoms with Crippen LogP contribution in [0.25, 0.3) is 0 Å². The van der Waals surface area contributed by atoms with Crippen molar-refractivity contribution in [2.24, 2.45) is 17.8 Å². The zero-order valence-electron chi connectivity index (χ0n) is 13.1. The van der Waals surface area contributed by atoms with E-state index < -0.39 is 5.97 Å². The van der Waals surface area contributed by atoms with E-state index in [1.807, 2.05) is 31.2 Å². The summed E-state index contributed by atoms with van der Waals surface area (Å²) in [5, 5.41) is 12.6. The highest BCUT2D eigenvalue weighted by Gasteiger charge is 2.38. The Labute approximate surface area is 131 Å². The second-order valence-electron chi connectivity index (χ2n) is 6.72. The van der Waals surface area contributed by atoms with Crippen molar-refractivity contribution in [1.29, 1.82) is 0 Å². The molecule has 0 aromatic heterocycles. The van der Waals surface area contributed by atoms with Crippen LogP contribution in [-0.2, 0) is 4.79 Å². The van der Waals surface area contributed by atoms with E-state index in [1.54, 1.807) is 0 Å². The number of ether oxygens (including phenoxy) is 1. The van der Waals surface area contributed by atoms with Gasteiger partial charge in [-0.05, 0) is 67.8 Å². The zero-order chi connectivity index (χ0) is 15.5. The second-order valence-corrected chi connectivity index (χ2v) is 6.72. The molecule has 0 radical (unpaired) electrons. The first-order valence-electron chi connectivity index (χ1n) is 8.31. The first-order valence-corrected chi connectivity index (χ1v) is 8.31. The molecular weight excluding hydrogens is 278 g/mol. The molecule has 2 N–H and O–H groups in total. The summed E-state index contributed by atoms with van der Waals surface area (Å²) in [4.78, 5) is 11.4. The van der Waals surface area contributed by atoms with Crippen LogP contribution in [0.5, 0.6) is 5.75 Å². The van der Waals surface area contributed by atoms with E-state index in [4.69, 9.17) is 4.74 Å². The molecule has 0 bridgehead atoms. The van der Waals surface area contributed by atoms with Crippen molar-refractivity contribution in [1.82, 2.24) is 5.32 Å². The first-order chi connectivity index (χ1) is 10.6. The second kappa shape index (κ2) is 6.69. The summed E-state index contributed by atoms with van der Waals surface area (Å²) in [5.41, 5.74) is 1.11. The third-order valence-corrected chi connectivity index (χ3v) is 4.96. The standard InChI is InChI=1S/C18H25NO3/c1-12(18(20)21)17(14-5-6-14)15-3-2-4-16(9-15)22-8-7-13-10-19-11-13/h2-4,9,12-14,17,19H,5-8,10-11H2,1H3,(H,20,21). The molecule has 0 spiro atoms. The van der Waals surface area contributed by atoms with E-state index in [0.717, 1.165) is 56.2 Å². The van der Waals surface area contributed by atoms with Crippen molar-refractivity contribution in [3.8, 4) is 5.75 Å². The maximum Gasteiger partial charge on any atom is 0.306 e. The molecular formula is C18H25NO3. The maximum atomic E-state index is 11.4. The molecule has 120 valence electrons. The molecule has 1 saturated carbocycles. The van der Waals surface area contributed by atoms with Crippen LogP contribution in [0.2, 0.25) is 0 Å². The summed E-state index contributed by atoms with van der Waals surface area (Å²) < 4.78 is 5.87. The average Bonchev–Trinajstić information content (AvgIpc) is 3.27. The molecule has 3 rings (SSSR count). The number of hydrogen-bond donors (Lipinski definition) is 2. The van der Waals surface area contributed by atoms with Gasteiger partial charge in [-0.25, -0.2) is 0 Å². The van der Waals surface area contributed by atoms with Crippen molar-refractivity contribution in [3.05, 3.63) is 29.8 Å². The highest BCUT2D eigenvalue weighted by atomic mass is 16.5. The molecule has 4 nitrogen and oxygen atoms in total. The van der Waals surface area contributed by atoms with E-state index in [0.29, 0.717) is 5.92 Å². The smallest absolute Gasteiger partial charge is 0.306 e. The topological polar surface area (TPSA) is 58.6 Å². The fraction of sp³-hybridized carbons (Fsp3) is 0.611. The Balaban J connectivity index is 1.64. The van der Waals surface area contributed by atoms with Crippen LogP contribution in [0.4, 0.5) is 0 Å². The lowest BCUT2D eigenvalue weighted by molar-refractivity contribution is -0.142. The maximum absolute atomic E-state index is 11.4. The van der Waals surface area contributed by atoms with E-state index in [-0.39, 0.29) is 11.8 Å². The number of aliphatic carboxylic acids is 1. The number of hydrogen-bond acceptors (Lipinski definition) is 3. The van der Waals surface area contributed by atoms with Crippen molar-refractivity contribution in [2.75, 3.05) is 19.7 Å². The molecule has 1 saturated heterocycles. The highest BCUT2D eigenvalue weighted by Crippen LogP contribution is 2.47. The number of nitrogens with one attached hydrogen (secondary N) is 1. The van der Waals surface area contributed by atoms with Gasteiger partial charge in [0.05, 0.1) is 12.5 Å². The van der Waals surface area contributed by atoms with E-state index >= 15 is 0 Å². The lowest BCUT2D eigenvalue weighted by Gasteiger charge is -2.27. The van der Waals surface area contributed by atoms with Gasteiger partial charge in [0.15, 0.2) is 0 Å². The Morgan fingerprint density at radius 1 is 1.41 bits per heavy atom. The number of carboxylic acid groups (broad SMARTS) is 1. The van der Waals surface area contributed by atoms with Crippen molar-refractivity contribution < 1.29 is 14.6 Å². The lowest BCUT2D eigenvalue weighted by Crippen LogP contribution is -2.42. The van der Waals surface area contributed by atoms with Gasteiger partial charge in [0.1, 0.15) is 5.75 Å². The van der Waals surface area contributed by atoms with Crippen molar-refractivity contribution in [3.63, 3.8) is 0 Å². The van der Waals surface area contributed by atoms with Crippen LogP contribution >= 0.6 is 0 Å². The minimum absolute atomic E-state index is 0.108. The normalized spacial score (nSPS) is 21.0. The zero-order valence-corrected chi connectivity index (χ0v) is 13.1. The largest absolute Gasteiger partial charge is 0.494 e. The van der Waals surface area contributed by atoms with Crippen LogP contribution in [0.3, 0.4) is 0 Å². The van der Waals surface area contributed by atoms with Crippen LogP contribution in [0.15, 0.2) is 24.3 Å². The third-order valence-electron chi connectivity index (χ3n) is 4.96. The van der Waals surface area contributed by atoms with Crippen LogP contribution in [0, 0.1) is 17.8 Å². The minimum atomic E-state index is -0.708. The molecule has 2 atom stereocenters. The molecule has 1 aromatic rings. The van der Waals surface area contributed by atoms with Gasteiger partial charge in [0.2, 0.25) is 0 Å². The predicted molar refractivity (Wildman–Crippen MR) is 85.2 cm³/mol. The Bertz CT molecular complexity index is 523. The van der Waals surface area contributed by atoms with E-state index in [2.05, 4.69) is 5.32 Å². The first kappa shape index (κ1) is 15.3. The Kier molecular flexibility index (Phi) is 4.67. The van der Waals surface area contributed by atoms with Crippen LogP contribution in [-0.4, -0.2) is 30.8 Å². The SMILES string of the molecule is CC(C(=O)O)C(c1cccc(OCCC2CNC2)c1)C1CC1. The Morgan fingerprint density at radius 2 is 2.18 bits per heavy atom. The van der Waals surface area contributed by atoms with Gasteiger partial charge < -0.3 is 15.2 Å². The summed E-state index contributed by atoms with van der Waals surface area (Å²) in [6.45, 7) is 4.76. The van der Waals surface area contributed by atoms with Gasteiger partial charge in [-0.2, -0.15) is 0 Å². The molecule has 4 heteroatoms. The third kappa shape index (κ3) is 3.61. The Morgan fingerprint density at radius 3 is 2.77 bits per heavy atom. The molecule has 1 aliphatic carbocycles. The highest BCUT2D eigenvalue weighted by molar-refractivity contribution is 5.71. The molecule has 2 unspecified atom stereocenters. The minimum Gasteiger partial charge on any atom is -0.494 e. The molecule has 0 amide bonds. The Hall–Kier alpha value is -1.55. The van der Waals surface area contributed by atoms with Crippen LogP contribution < -0.4 is 10.1 Å². The molecule has 22 heavy (non-hydrogen) atoms. The fourth-order valence-corrected chi connectivity index (χ4v) is 3.29. The summed E-state index contributed by atoms with van der Waals surface area (Å²) in [6.07, 6.45) is 3.36. The van der Waals surface area contributed by atoms with E-state index in [9.17, 15) is 9.90 Å². The van der Waals surface area contributed by atoms with Gasteiger partial charge in [-0.15, -0.1) is 0 Å². The monoisotopic (exact) mass is 303 g/mol. The number of rotatable bonds is 8. The van der Waals surface area contributed by atoms with Gasteiger partial charge >= 0.3 is 5.97 Å². The number of carbonyl (C=O) groups is 1. The van der Waals surface area contributed by atoms with Gasteiger partial charge in [-0.1, -0.05) is 19.1 Å². The fourth-order valence-electron chi connectivity index (χ4n) is 3.29. The number of carboxylic acids is 1. The quantitative estimate of drug-likeness (QED) is 0.775. The predicted octanol–water partition coefficient (Wildman–Crippen LogP) is 2.89. The van der Waals surface area contributed by atoms with Gasteiger partial charge in [0, 0.05) is 0 Å². The summed E-state index contributed by atoms with van der Waals surface area (Å²) in [7, 11) is 0. The van der Waals surface area contributed by atoms with Crippen molar-refractivity contribution in [2.45, 2.75) is 32.1 Å². The molecule has 1 heterocycles. The molecule has 1 aromatic carbocycles. The molecule has 2 fully saturated rings. The lowest BCUT2D eigenvalue weighted by atomic mass is 9.83.